The maximum absolute atomic E-state index is 12.2. The van der Waals surface area contributed by atoms with Crippen LogP contribution in [0.1, 0.15) is 35.7 Å². The summed E-state index contributed by atoms with van der Waals surface area (Å²) < 4.78 is 5.42. The third-order valence-corrected chi connectivity index (χ3v) is 2.80. The van der Waals surface area contributed by atoms with Gasteiger partial charge in [0.15, 0.2) is 5.76 Å². The van der Waals surface area contributed by atoms with E-state index in [-0.39, 0.29) is 11.3 Å². The van der Waals surface area contributed by atoms with E-state index in [1.807, 2.05) is 33.8 Å². The molecule has 1 aromatic heterocycles. The van der Waals surface area contributed by atoms with Crippen LogP contribution in [0, 0.1) is 19.3 Å². The quantitative estimate of drug-likeness (QED) is 0.872. The fourth-order valence-electron chi connectivity index (χ4n) is 1.81. The molecular weight excluding hydrogens is 216 g/mol. The molecule has 1 heterocycles. The van der Waals surface area contributed by atoms with Crippen molar-refractivity contribution in [1.29, 1.82) is 0 Å². The van der Waals surface area contributed by atoms with E-state index in [0.717, 1.165) is 11.3 Å². The number of furan rings is 1. The van der Waals surface area contributed by atoms with Crippen molar-refractivity contribution in [3.8, 4) is 0 Å². The standard InChI is InChI=1S/C13H22N2O2/c1-9-6-10(2)17-11(9)12(16)15(5)8-13(3,4)7-14/h6H,7-8,14H2,1-5H3. The number of nitrogens with two attached hydrogens (primary N) is 1. The second-order valence-electron chi connectivity index (χ2n) is 5.40. The molecule has 0 spiro atoms. The van der Waals surface area contributed by atoms with Crippen LogP contribution in [0.3, 0.4) is 0 Å². The van der Waals surface area contributed by atoms with Crippen molar-refractivity contribution in [2.75, 3.05) is 20.1 Å². The van der Waals surface area contributed by atoms with Crippen LogP contribution < -0.4 is 5.73 Å². The van der Waals surface area contributed by atoms with Crippen LogP contribution in [0.4, 0.5) is 0 Å². The predicted molar refractivity (Wildman–Crippen MR) is 68.0 cm³/mol. The Morgan fingerprint density at radius 2 is 2.06 bits per heavy atom. The molecule has 0 aliphatic heterocycles. The molecule has 0 bridgehead atoms. The third-order valence-electron chi connectivity index (χ3n) is 2.80. The molecule has 0 unspecified atom stereocenters. The number of carbonyl (C=O) groups is 1. The van der Waals surface area contributed by atoms with Gasteiger partial charge in [-0.2, -0.15) is 0 Å². The lowest BCUT2D eigenvalue weighted by molar-refractivity contribution is 0.0706. The predicted octanol–water partition coefficient (Wildman–Crippen LogP) is 1.95. The SMILES string of the molecule is Cc1cc(C)c(C(=O)N(C)CC(C)(C)CN)o1. The number of amides is 1. The molecule has 0 saturated heterocycles. The Labute approximate surface area is 103 Å². The van der Waals surface area contributed by atoms with Crippen LogP contribution in [0.5, 0.6) is 0 Å². The number of nitrogens with zero attached hydrogens (tertiary/aromatic N) is 1. The summed E-state index contributed by atoms with van der Waals surface area (Å²) in [4.78, 5) is 13.8. The number of aryl methyl sites for hydroxylation is 2. The summed E-state index contributed by atoms with van der Waals surface area (Å²) in [5, 5.41) is 0. The monoisotopic (exact) mass is 238 g/mol. The van der Waals surface area contributed by atoms with Gasteiger partial charge in [0, 0.05) is 19.2 Å². The summed E-state index contributed by atoms with van der Waals surface area (Å²) in [6, 6.07) is 1.87. The lowest BCUT2D eigenvalue weighted by atomic mass is 9.93. The van der Waals surface area contributed by atoms with Gasteiger partial charge in [0.1, 0.15) is 5.76 Å². The summed E-state index contributed by atoms with van der Waals surface area (Å²) in [6.07, 6.45) is 0. The fraction of sp³-hybridized carbons (Fsp3) is 0.615. The van der Waals surface area contributed by atoms with Crippen LogP contribution in [0.2, 0.25) is 0 Å². The van der Waals surface area contributed by atoms with Crippen LogP contribution in [0.15, 0.2) is 10.5 Å². The second kappa shape index (κ2) is 4.92. The molecule has 0 aliphatic carbocycles. The molecule has 0 saturated carbocycles. The summed E-state index contributed by atoms with van der Waals surface area (Å²) in [5.41, 5.74) is 6.46. The largest absolute Gasteiger partial charge is 0.456 e. The molecule has 1 rings (SSSR count). The molecular formula is C13H22N2O2. The van der Waals surface area contributed by atoms with E-state index in [9.17, 15) is 4.79 Å². The normalized spacial score (nSPS) is 11.6. The summed E-state index contributed by atoms with van der Waals surface area (Å²) in [5.74, 6) is 1.10. The fourth-order valence-corrected chi connectivity index (χ4v) is 1.81. The van der Waals surface area contributed by atoms with Crippen LogP contribution in [-0.4, -0.2) is 30.9 Å². The van der Waals surface area contributed by atoms with Gasteiger partial charge in [0.2, 0.25) is 0 Å². The van der Waals surface area contributed by atoms with Crippen molar-refractivity contribution in [3.05, 3.63) is 23.2 Å². The van der Waals surface area contributed by atoms with E-state index in [1.165, 1.54) is 0 Å². The summed E-state index contributed by atoms with van der Waals surface area (Å²) in [6.45, 7) is 8.95. The van der Waals surface area contributed by atoms with Crippen LogP contribution in [0.25, 0.3) is 0 Å². The van der Waals surface area contributed by atoms with Gasteiger partial charge in [-0.15, -0.1) is 0 Å². The Hall–Kier alpha value is -1.29. The van der Waals surface area contributed by atoms with Gasteiger partial charge < -0.3 is 15.1 Å². The van der Waals surface area contributed by atoms with Gasteiger partial charge in [-0.25, -0.2) is 0 Å². The maximum Gasteiger partial charge on any atom is 0.289 e. The number of hydrogen-bond acceptors (Lipinski definition) is 3. The van der Waals surface area contributed by atoms with Crippen molar-refractivity contribution in [3.63, 3.8) is 0 Å². The molecule has 96 valence electrons. The highest BCUT2D eigenvalue weighted by molar-refractivity contribution is 5.92. The van der Waals surface area contributed by atoms with E-state index >= 15 is 0 Å². The van der Waals surface area contributed by atoms with Gasteiger partial charge in [0.05, 0.1) is 0 Å². The summed E-state index contributed by atoms with van der Waals surface area (Å²) >= 11 is 0. The Balaban J connectivity index is 2.80. The van der Waals surface area contributed by atoms with Crippen molar-refractivity contribution in [2.45, 2.75) is 27.7 Å². The molecule has 4 nitrogen and oxygen atoms in total. The lowest BCUT2D eigenvalue weighted by Gasteiger charge is -2.28. The van der Waals surface area contributed by atoms with Crippen LogP contribution in [-0.2, 0) is 0 Å². The lowest BCUT2D eigenvalue weighted by Crippen LogP contribution is -2.39. The number of rotatable bonds is 4. The molecule has 0 aromatic carbocycles. The van der Waals surface area contributed by atoms with E-state index in [2.05, 4.69) is 0 Å². The van der Waals surface area contributed by atoms with Gasteiger partial charge in [-0.1, -0.05) is 13.8 Å². The topological polar surface area (TPSA) is 59.5 Å². The first-order valence-corrected chi connectivity index (χ1v) is 5.79. The second-order valence-corrected chi connectivity index (χ2v) is 5.40. The smallest absolute Gasteiger partial charge is 0.289 e. The molecule has 0 fully saturated rings. The minimum Gasteiger partial charge on any atom is -0.456 e. The minimum absolute atomic E-state index is 0.0834. The molecule has 2 N–H and O–H groups in total. The zero-order valence-electron chi connectivity index (χ0n) is 11.3. The molecule has 17 heavy (non-hydrogen) atoms. The number of hydrogen-bond donors (Lipinski definition) is 1. The first kappa shape index (κ1) is 13.8. The molecule has 4 heteroatoms. The zero-order valence-corrected chi connectivity index (χ0v) is 11.3. The van der Waals surface area contributed by atoms with E-state index in [4.69, 9.17) is 10.2 Å². The van der Waals surface area contributed by atoms with E-state index in [0.29, 0.717) is 18.8 Å². The molecule has 0 atom stereocenters. The summed E-state index contributed by atoms with van der Waals surface area (Å²) in [7, 11) is 1.77. The van der Waals surface area contributed by atoms with Gasteiger partial charge in [-0.3, -0.25) is 4.79 Å². The minimum atomic E-state index is -0.0860. The zero-order chi connectivity index (χ0) is 13.2. The van der Waals surface area contributed by atoms with Crippen LogP contribution >= 0.6 is 0 Å². The van der Waals surface area contributed by atoms with Crippen molar-refractivity contribution < 1.29 is 9.21 Å². The molecule has 0 aliphatic rings. The van der Waals surface area contributed by atoms with E-state index < -0.39 is 0 Å². The molecule has 1 aromatic rings. The van der Waals surface area contributed by atoms with Gasteiger partial charge in [-0.05, 0) is 31.9 Å². The highest BCUT2D eigenvalue weighted by Gasteiger charge is 2.24. The first-order valence-electron chi connectivity index (χ1n) is 5.79. The highest BCUT2D eigenvalue weighted by atomic mass is 16.4. The van der Waals surface area contributed by atoms with Gasteiger partial charge in [0.25, 0.3) is 5.91 Å². The Morgan fingerprint density at radius 3 is 2.47 bits per heavy atom. The first-order chi connectivity index (χ1) is 7.76. The maximum atomic E-state index is 12.2. The van der Waals surface area contributed by atoms with Crippen molar-refractivity contribution in [1.82, 2.24) is 4.90 Å². The third kappa shape index (κ3) is 3.33. The van der Waals surface area contributed by atoms with Gasteiger partial charge >= 0.3 is 0 Å². The van der Waals surface area contributed by atoms with E-state index in [1.54, 1.807) is 11.9 Å². The van der Waals surface area contributed by atoms with Crippen molar-refractivity contribution >= 4 is 5.91 Å². The Bertz CT molecular complexity index is 408. The number of carbonyl (C=O) groups excluding carboxylic acids is 1. The Kier molecular flexibility index (Phi) is 3.98. The van der Waals surface area contributed by atoms with Crippen molar-refractivity contribution in [2.24, 2.45) is 11.1 Å². The average Bonchev–Trinajstić information content (AvgIpc) is 2.56. The average molecular weight is 238 g/mol. The Morgan fingerprint density at radius 1 is 1.47 bits per heavy atom. The molecule has 0 radical (unpaired) electrons. The molecule has 1 amide bonds. The highest BCUT2D eigenvalue weighted by Crippen LogP contribution is 2.19.